The van der Waals surface area contributed by atoms with Gasteiger partial charge < -0.3 is 4.74 Å². The van der Waals surface area contributed by atoms with E-state index in [2.05, 4.69) is 31.9 Å². The highest BCUT2D eigenvalue weighted by molar-refractivity contribution is 9.09. The number of halogens is 2. The predicted molar refractivity (Wildman–Crippen MR) is 72.7 cm³/mol. The van der Waals surface area contributed by atoms with E-state index in [-0.39, 0.29) is 10.6 Å². The summed E-state index contributed by atoms with van der Waals surface area (Å²) in [4.78, 5) is 10.9. The Bertz CT molecular complexity index is 335. The molecule has 0 aromatic heterocycles. The molecule has 0 saturated carbocycles. The highest BCUT2D eigenvalue weighted by Crippen LogP contribution is 2.25. The summed E-state index contributed by atoms with van der Waals surface area (Å²) >= 11 is 6.69. The van der Waals surface area contributed by atoms with E-state index in [9.17, 15) is 4.79 Å². The third-order valence-corrected chi connectivity index (χ3v) is 3.81. The topological polar surface area (TPSA) is 26.3 Å². The molecule has 0 fully saturated rings. The normalized spacial score (nSPS) is 12.2. The molecule has 16 heavy (non-hydrogen) atoms. The summed E-state index contributed by atoms with van der Waals surface area (Å²) in [5, 5.41) is 0.943. The molecule has 4 heteroatoms. The van der Waals surface area contributed by atoms with Gasteiger partial charge in [-0.2, -0.15) is 0 Å². The minimum absolute atomic E-state index is 0.105. The van der Waals surface area contributed by atoms with Crippen molar-refractivity contribution in [3.05, 3.63) is 29.8 Å². The molecule has 0 aliphatic rings. The minimum atomic E-state index is -0.218. The molecule has 1 aromatic rings. The maximum atomic E-state index is 11.2. The fourth-order valence-electron chi connectivity index (χ4n) is 1.21. The van der Waals surface area contributed by atoms with Crippen LogP contribution in [0.25, 0.3) is 0 Å². The molecule has 0 aliphatic heterocycles. The Balaban J connectivity index is 2.57. The molecule has 0 amide bonds. The molecule has 0 spiro atoms. The zero-order valence-electron chi connectivity index (χ0n) is 9.08. The van der Waals surface area contributed by atoms with Gasteiger partial charge in [0, 0.05) is 5.33 Å². The van der Waals surface area contributed by atoms with E-state index in [0.717, 1.165) is 23.1 Å². The summed E-state index contributed by atoms with van der Waals surface area (Å²) < 4.78 is 5.51. The molecule has 0 saturated heterocycles. The van der Waals surface area contributed by atoms with Crippen LogP contribution >= 0.6 is 31.9 Å². The van der Waals surface area contributed by atoms with Crippen LogP contribution in [0.4, 0.5) is 0 Å². The van der Waals surface area contributed by atoms with Gasteiger partial charge in [-0.3, -0.25) is 4.79 Å². The molecule has 2 nitrogen and oxygen atoms in total. The molecule has 0 radical (unpaired) electrons. The van der Waals surface area contributed by atoms with E-state index in [1.165, 1.54) is 0 Å². The number of rotatable bonds is 6. The fraction of sp³-hybridized carbons (Fsp3) is 0.417. The second kappa shape index (κ2) is 7.07. The van der Waals surface area contributed by atoms with Crippen molar-refractivity contribution in [2.24, 2.45) is 0 Å². The highest BCUT2D eigenvalue weighted by Gasteiger charge is 2.11. The van der Waals surface area contributed by atoms with Crippen LogP contribution in [0.2, 0.25) is 0 Å². The van der Waals surface area contributed by atoms with Crippen LogP contribution in [-0.2, 0) is 4.79 Å². The fourth-order valence-corrected chi connectivity index (χ4v) is 1.75. The van der Waals surface area contributed by atoms with Crippen molar-refractivity contribution in [1.29, 1.82) is 0 Å². The van der Waals surface area contributed by atoms with Crippen molar-refractivity contribution in [3.8, 4) is 5.75 Å². The number of carbonyl (C=O) groups excluding carboxylic acids is 1. The van der Waals surface area contributed by atoms with Crippen molar-refractivity contribution < 1.29 is 9.53 Å². The van der Waals surface area contributed by atoms with E-state index in [0.29, 0.717) is 6.61 Å². The Morgan fingerprint density at radius 1 is 1.38 bits per heavy atom. The molecule has 1 aromatic carbocycles. The van der Waals surface area contributed by atoms with E-state index in [1.54, 1.807) is 6.92 Å². The first-order valence-corrected chi connectivity index (χ1v) is 7.12. The zero-order valence-corrected chi connectivity index (χ0v) is 12.3. The molecule has 88 valence electrons. The summed E-state index contributed by atoms with van der Waals surface area (Å²) in [6.07, 6.45) is 0.982. The third-order valence-electron chi connectivity index (χ3n) is 2.08. The third kappa shape index (κ3) is 4.26. The van der Waals surface area contributed by atoms with Crippen LogP contribution in [-0.4, -0.2) is 17.7 Å². The van der Waals surface area contributed by atoms with Gasteiger partial charge in [-0.25, -0.2) is 0 Å². The number of carbonyl (C=O) groups is 1. The predicted octanol–water partition coefficient (Wildman–Crippen LogP) is 3.88. The number of hydrogen-bond acceptors (Lipinski definition) is 2. The lowest BCUT2D eigenvalue weighted by Gasteiger charge is -2.08. The molecule has 1 rings (SSSR count). The van der Waals surface area contributed by atoms with E-state index < -0.39 is 0 Å². The second-order valence-electron chi connectivity index (χ2n) is 3.43. The highest BCUT2D eigenvalue weighted by atomic mass is 79.9. The van der Waals surface area contributed by atoms with Crippen LogP contribution in [0.3, 0.4) is 0 Å². The summed E-state index contributed by atoms with van der Waals surface area (Å²) in [5.41, 5.74) is 0.959. The van der Waals surface area contributed by atoms with Gasteiger partial charge in [0.05, 0.1) is 11.4 Å². The molecule has 0 unspecified atom stereocenters. The van der Waals surface area contributed by atoms with Gasteiger partial charge >= 0.3 is 0 Å². The Kier molecular flexibility index (Phi) is 6.06. The zero-order chi connectivity index (χ0) is 12.0. The van der Waals surface area contributed by atoms with Gasteiger partial charge in [0.1, 0.15) is 11.5 Å². The second-order valence-corrected chi connectivity index (χ2v) is 5.14. The van der Waals surface area contributed by atoms with Crippen molar-refractivity contribution in [3.63, 3.8) is 0 Å². The first-order chi connectivity index (χ1) is 7.65. The molecule has 0 heterocycles. The number of hydrogen-bond donors (Lipinski definition) is 0. The summed E-state index contributed by atoms with van der Waals surface area (Å²) in [5.74, 6) is 0.945. The lowest BCUT2D eigenvalue weighted by atomic mass is 10.1. The summed E-state index contributed by atoms with van der Waals surface area (Å²) in [6.45, 7) is 2.27. The molecular weight excluding hydrogens is 336 g/mol. The average molecular weight is 350 g/mol. The molecular formula is C12H14Br2O2. The van der Waals surface area contributed by atoms with Gasteiger partial charge in [0.2, 0.25) is 0 Å². The Labute approximate surface area is 113 Å². The number of ether oxygens (including phenoxy) is 1. The van der Waals surface area contributed by atoms with Gasteiger partial charge in [0.15, 0.2) is 0 Å². The number of benzene rings is 1. The summed E-state index contributed by atoms with van der Waals surface area (Å²) in [6, 6.07) is 7.59. The Morgan fingerprint density at radius 2 is 2.00 bits per heavy atom. The lowest BCUT2D eigenvalue weighted by Crippen LogP contribution is -2.01. The maximum absolute atomic E-state index is 11.2. The maximum Gasteiger partial charge on any atom is 0.147 e. The minimum Gasteiger partial charge on any atom is -0.494 e. The Hall–Kier alpha value is -0.350. The smallest absolute Gasteiger partial charge is 0.147 e. The largest absolute Gasteiger partial charge is 0.494 e. The number of Topliss-reactive ketones (excluding diaryl/α,β-unsaturated/α-hetero) is 1. The van der Waals surface area contributed by atoms with Gasteiger partial charge in [-0.1, -0.05) is 44.0 Å². The quantitative estimate of drug-likeness (QED) is 0.575. The van der Waals surface area contributed by atoms with Crippen molar-refractivity contribution in [2.75, 3.05) is 11.9 Å². The SMILES string of the molecule is CC(=O)[C@@H](Br)c1ccc(OCCCBr)cc1. The number of alkyl halides is 2. The standard InChI is InChI=1S/C12H14Br2O2/c1-9(15)12(14)10-3-5-11(6-4-10)16-8-2-7-13/h3-6,12H,2,7-8H2,1H3/t12-/m1/s1. The van der Waals surface area contributed by atoms with Gasteiger partial charge in [-0.05, 0) is 31.0 Å². The first kappa shape index (κ1) is 13.7. The van der Waals surface area contributed by atoms with E-state index in [1.807, 2.05) is 24.3 Å². The van der Waals surface area contributed by atoms with Crippen LogP contribution < -0.4 is 4.74 Å². The van der Waals surface area contributed by atoms with Crippen LogP contribution in [0, 0.1) is 0 Å². The van der Waals surface area contributed by atoms with Gasteiger partial charge in [0.25, 0.3) is 0 Å². The number of ketones is 1. The van der Waals surface area contributed by atoms with Crippen LogP contribution in [0.5, 0.6) is 5.75 Å². The van der Waals surface area contributed by atoms with Crippen molar-refractivity contribution in [2.45, 2.75) is 18.2 Å². The van der Waals surface area contributed by atoms with Crippen LogP contribution in [0.15, 0.2) is 24.3 Å². The molecule has 0 bridgehead atoms. The van der Waals surface area contributed by atoms with Crippen molar-refractivity contribution >= 4 is 37.6 Å². The van der Waals surface area contributed by atoms with Crippen molar-refractivity contribution in [1.82, 2.24) is 0 Å². The molecule has 1 atom stereocenters. The van der Waals surface area contributed by atoms with Gasteiger partial charge in [-0.15, -0.1) is 0 Å². The lowest BCUT2D eigenvalue weighted by molar-refractivity contribution is -0.116. The molecule has 0 N–H and O–H groups in total. The Morgan fingerprint density at radius 3 is 2.50 bits per heavy atom. The monoisotopic (exact) mass is 348 g/mol. The van der Waals surface area contributed by atoms with E-state index >= 15 is 0 Å². The first-order valence-electron chi connectivity index (χ1n) is 5.08. The average Bonchev–Trinajstić information content (AvgIpc) is 2.29. The van der Waals surface area contributed by atoms with Crippen LogP contribution in [0.1, 0.15) is 23.7 Å². The van der Waals surface area contributed by atoms with E-state index in [4.69, 9.17) is 4.74 Å². The summed E-state index contributed by atoms with van der Waals surface area (Å²) in [7, 11) is 0. The molecule has 0 aliphatic carbocycles.